The summed E-state index contributed by atoms with van der Waals surface area (Å²) in [6.07, 6.45) is 2.02. The number of aromatic nitrogens is 1. The van der Waals surface area contributed by atoms with E-state index in [0.29, 0.717) is 0 Å². The van der Waals surface area contributed by atoms with Gasteiger partial charge in [-0.25, -0.2) is 0 Å². The average molecular weight is 265 g/mol. The van der Waals surface area contributed by atoms with Gasteiger partial charge in [-0.05, 0) is 17.7 Å². The van der Waals surface area contributed by atoms with Gasteiger partial charge in [0.2, 0.25) is 0 Å². The summed E-state index contributed by atoms with van der Waals surface area (Å²) in [4.78, 5) is 0. The molecular weight excluding hydrogens is 250 g/mol. The van der Waals surface area contributed by atoms with E-state index in [1.54, 1.807) is 0 Å². The van der Waals surface area contributed by atoms with Gasteiger partial charge in [0.25, 0.3) is 0 Å². The third-order valence-corrected chi connectivity index (χ3v) is 3.39. The van der Waals surface area contributed by atoms with Crippen LogP contribution in [0.25, 0.3) is 10.9 Å². The second-order valence-corrected chi connectivity index (χ2v) is 4.65. The predicted octanol–water partition coefficient (Wildman–Crippen LogP) is 2.78. The van der Waals surface area contributed by atoms with Crippen molar-refractivity contribution in [3.05, 3.63) is 71.9 Å². The monoisotopic (exact) mass is 265 g/mol. The number of fused-ring (bicyclic) bond motifs is 1. The van der Waals surface area contributed by atoms with Crippen molar-refractivity contribution in [2.75, 3.05) is 0 Å². The molecule has 1 heterocycles. The molecule has 0 fully saturated rings. The molecule has 1 aromatic heterocycles. The van der Waals surface area contributed by atoms with E-state index in [4.69, 9.17) is 10.9 Å². The Morgan fingerprint density at radius 2 is 1.85 bits per heavy atom. The smallest absolute Gasteiger partial charge is 0.170 e. The van der Waals surface area contributed by atoms with Gasteiger partial charge in [0.15, 0.2) is 5.84 Å². The van der Waals surface area contributed by atoms with E-state index in [-0.39, 0.29) is 5.84 Å². The van der Waals surface area contributed by atoms with E-state index < -0.39 is 0 Å². The lowest BCUT2D eigenvalue weighted by atomic mass is 10.1. The number of nitrogens with two attached hydrogens (primary N) is 1. The van der Waals surface area contributed by atoms with Crippen molar-refractivity contribution in [2.45, 2.75) is 6.54 Å². The van der Waals surface area contributed by atoms with Crippen molar-refractivity contribution in [1.82, 2.24) is 4.57 Å². The summed E-state index contributed by atoms with van der Waals surface area (Å²) in [5.74, 6) is 0.132. The van der Waals surface area contributed by atoms with E-state index in [1.807, 2.05) is 48.7 Å². The topological polar surface area (TPSA) is 63.5 Å². The maximum absolute atomic E-state index is 8.85. The highest BCUT2D eigenvalue weighted by Crippen LogP contribution is 2.21. The molecule has 3 rings (SSSR count). The van der Waals surface area contributed by atoms with Crippen LogP contribution in [0.1, 0.15) is 11.1 Å². The Morgan fingerprint density at radius 3 is 2.60 bits per heavy atom. The molecule has 0 spiro atoms. The van der Waals surface area contributed by atoms with Gasteiger partial charge in [0, 0.05) is 29.2 Å². The molecule has 2 aromatic carbocycles. The number of oxime groups is 1. The summed E-state index contributed by atoms with van der Waals surface area (Å²) in [7, 11) is 0. The Bertz CT molecular complexity index is 760. The number of hydrogen-bond donors (Lipinski definition) is 2. The molecule has 0 amide bonds. The average Bonchev–Trinajstić information content (AvgIpc) is 2.91. The largest absolute Gasteiger partial charge is 0.409 e. The lowest BCUT2D eigenvalue weighted by Gasteiger charge is -2.07. The van der Waals surface area contributed by atoms with Gasteiger partial charge in [0.05, 0.1) is 0 Å². The Kier molecular flexibility index (Phi) is 3.13. The van der Waals surface area contributed by atoms with Gasteiger partial charge in [-0.2, -0.15) is 0 Å². The Morgan fingerprint density at radius 1 is 1.05 bits per heavy atom. The van der Waals surface area contributed by atoms with Crippen LogP contribution in [0.15, 0.2) is 65.9 Å². The van der Waals surface area contributed by atoms with Crippen LogP contribution in [-0.2, 0) is 6.54 Å². The molecule has 100 valence electrons. The Hall–Kier alpha value is -2.75. The summed E-state index contributed by atoms with van der Waals surface area (Å²) in [5.41, 5.74) is 8.76. The molecule has 0 radical (unpaired) electrons. The molecule has 0 unspecified atom stereocenters. The molecule has 0 saturated heterocycles. The molecule has 3 N–H and O–H groups in total. The van der Waals surface area contributed by atoms with Crippen LogP contribution in [-0.4, -0.2) is 15.6 Å². The summed E-state index contributed by atoms with van der Waals surface area (Å²) < 4.78 is 2.15. The molecule has 0 aliphatic rings. The van der Waals surface area contributed by atoms with E-state index >= 15 is 0 Å². The first kappa shape index (κ1) is 12.3. The number of benzene rings is 2. The zero-order valence-corrected chi connectivity index (χ0v) is 10.9. The molecule has 0 saturated carbocycles. The second-order valence-electron chi connectivity index (χ2n) is 4.65. The molecule has 0 aliphatic heterocycles. The first-order valence-electron chi connectivity index (χ1n) is 6.39. The molecule has 20 heavy (non-hydrogen) atoms. The molecule has 3 aromatic rings. The van der Waals surface area contributed by atoms with Crippen molar-refractivity contribution in [3.8, 4) is 0 Å². The van der Waals surface area contributed by atoms with Gasteiger partial charge in [0.1, 0.15) is 0 Å². The van der Waals surface area contributed by atoms with Gasteiger partial charge < -0.3 is 15.5 Å². The van der Waals surface area contributed by atoms with Crippen molar-refractivity contribution < 1.29 is 5.21 Å². The van der Waals surface area contributed by atoms with Crippen LogP contribution in [0, 0.1) is 0 Å². The third kappa shape index (κ3) is 2.12. The van der Waals surface area contributed by atoms with E-state index in [9.17, 15) is 0 Å². The fourth-order valence-electron chi connectivity index (χ4n) is 2.42. The van der Waals surface area contributed by atoms with Crippen molar-refractivity contribution in [3.63, 3.8) is 0 Å². The summed E-state index contributed by atoms with van der Waals surface area (Å²) in [6.45, 7) is 0.796. The van der Waals surface area contributed by atoms with Crippen molar-refractivity contribution >= 4 is 16.7 Å². The first-order valence-corrected chi connectivity index (χ1v) is 6.39. The van der Waals surface area contributed by atoms with Gasteiger partial charge >= 0.3 is 0 Å². The first-order chi connectivity index (χ1) is 9.79. The van der Waals surface area contributed by atoms with Crippen LogP contribution in [0.5, 0.6) is 0 Å². The zero-order valence-electron chi connectivity index (χ0n) is 10.9. The van der Waals surface area contributed by atoms with Gasteiger partial charge in [-0.15, -0.1) is 0 Å². The lowest BCUT2D eigenvalue weighted by Crippen LogP contribution is -2.13. The van der Waals surface area contributed by atoms with E-state index in [0.717, 1.165) is 23.0 Å². The van der Waals surface area contributed by atoms with Crippen molar-refractivity contribution in [2.24, 2.45) is 10.9 Å². The lowest BCUT2D eigenvalue weighted by molar-refractivity contribution is 0.318. The minimum atomic E-state index is 0.132. The standard InChI is InChI=1S/C16H15N3O/c17-16(18-20)14-7-4-8-15-13(14)9-10-19(15)11-12-5-2-1-3-6-12/h1-10,20H,11H2,(H2,17,18). The highest BCUT2D eigenvalue weighted by molar-refractivity contribution is 6.08. The fraction of sp³-hybridized carbons (Fsp3) is 0.0625. The van der Waals surface area contributed by atoms with Crippen LogP contribution in [0.3, 0.4) is 0 Å². The molecule has 0 aliphatic carbocycles. The van der Waals surface area contributed by atoms with Crippen LogP contribution in [0.2, 0.25) is 0 Å². The van der Waals surface area contributed by atoms with Crippen LogP contribution >= 0.6 is 0 Å². The number of nitrogens with zero attached hydrogens (tertiary/aromatic N) is 2. The fourth-order valence-corrected chi connectivity index (χ4v) is 2.42. The summed E-state index contributed by atoms with van der Waals surface area (Å²) in [6, 6.07) is 18.1. The number of rotatable bonds is 3. The Balaban J connectivity index is 2.06. The number of amidine groups is 1. The van der Waals surface area contributed by atoms with E-state index in [2.05, 4.69) is 21.9 Å². The molecular formula is C16H15N3O. The Labute approximate surface area is 116 Å². The zero-order chi connectivity index (χ0) is 13.9. The maximum Gasteiger partial charge on any atom is 0.170 e. The minimum absolute atomic E-state index is 0.132. The van der Waals surface area contributed by atoms with Crippen LogP contribution in [0.4, 0.5) is 0 Å². The molecule has 4 heteroatoms. The molecule has 4 nitrogen and oxygen atoms in total. The molecule has 0 bridgehead atoms. The molecule has 0 atom stereocenters. The highest BCUT2D eigenvalue weighted by Gasteiger charge is 2.08. The number of hydrogen-bond acceptors (Lipinski definition) is 2. The summed E-state index contributed by atoms with van der Waals surface area (Å²) >= 11 is 0. The highest BCUT2D eigenvalue weighted by atomic mass is 16.4. The normalized spacial score (nSPS) is 11.9. The van der Waals surface area contributed by atoms with Crippen LogP contribution < -0.4 is 5.73 Å². The van der Waals surface area contributed by atoms with Gasteiger partial charge in [-0.1, -0.05) is 47.6 Å². The minimum Gasteiger partial charge on any atom is -0.409 e. The second kappa shape index (κ2) is 5.09. The third-order valence-electron chi connectivity index (χ3n) is 3.39. The SMILES string of the molecule is N/C(=N/O)c1cccc2c1ccn2Cc1ccccc1. The quantitative estimate of drug-likeness (QED) is 0.331. The van der Waals surface area contributed by atoms with Crippen molar-refractivity contribution in [1.29, 1.82) is 0 Å². The van der Waals surface area contributed by atoms with E-state index in [1.165, 1.54) is 5.56 Å². The predicted molar refractivity (Wildman–Crippen MR) is 80.0 cm³/mol. The summed E-state index contributed by atoms with van der Waals surface area (Å²) in [5, 5.41) is 12.9. The van der Waals surface area contributed by atoms with Gasteiger partial charge in [-0.3, -0.25) is 0 Å². The maximum atomic E-state index is 8.85.